The molecule has 2 saturated heterocycles. The molecule has 4 atom stereocenters. The maximum absolute atomic E-state index is 13.9. The van der Waals surface area contributed by atoms with Gasteiger partial charge in [0.05, 0.1) is 51.2 Å². The molecule has 7 nitrogen and oxygen atoms in total. The Morgan fingerprint density at radius 2 is 1.76 bits per heavy atom. The summed E-state index contributed by atoms with van der Waals surface area (Å²) in [6.07, 6.45) is -3.08. The zero-order valence-electron chi connectivity index (χ0n) is 22.8. The first-order chi connectivity index (χ1) is 19.7. The molecule has 2 aliphatic heterocycles. The van der Waals surface area contributed by atoms with Crippen molar-refractivity contribution in [3.05, 3.63) is 71.5 Å². The number of halogens is 4. The van der Waals surface area contributed by atoms with E-state index in [1.165, 1.54) is 18.1 Å². The van der Waals surface area contributed by atoms with E-state index in [1.54, 1.807) is 42.5 Å². The molecule has 41 heavy (non-hydrogen) atoms. The average Bonchev–Trinajstić information content (AvgIpc) is 3.55. The maximum atomic E-state index is 13.9. The van der Waals surface area contributed by atoms with Crippen molar-refractivity contribution < 1.29 is 41.4 Å². The van der Waals surface area contributed by atoms with E-state index in [0.29, 0.717) is 18.4 Å². The van der Waals surface area contributed by atoms with Gasteiger partial charge in [0.25, 0.3) is 0 Å². The summed E-state index contributed by atoms with van der Waals surface area (Å²) in [5.41, 5.74) is 1.47. The van der Waals surface area contributed by atoms with Crippen molar-refractivity contribution in [2.24, 2.45) is 5.92 Å². The molecule has 222 valence electrons. The van der Waals surface area contributed by atoms with Crippen LogP contribution in [0.25, 0.3) is 0 Å². The highest BCUT2D eigenvalue weighted by Crippen LogP contribution is 2.41. The quantitative estimate of drug-likeness (QED) is 0.418. The van der Waals surface area contributed by atoms with E-state index in [-0.39, 0.29) is 44.2 Å². The minimum absolute atomic E-state index is 0.0571. The summed E-state index contributed by atoms with van der Waals surface area (Å²) in [5.74, 6) is -2.59. The predicted molar refractivity (Wildman–Crippen MR) is 140 cm³/mol. The van der Waals surface area contributed by atoms with Crippen LogP contribution < -0.4 is 0 Å². The molecule has 0 aromatic heterocycles. The Labute approximate surface area is 236 Å². The monoisotopic (exact) mass is 578 g/mol. The van der Waals surface area contributed by atoms with Crippen molar-refractivity contribution in [2.75, 3.05) is 26.9 Å². The number of hydrogen-bond acceptors (Lipinski definition) is 5. The van der Waals surface area contributed by atoms with E-state index in [4.69, 9.17) is 14.2 Å². The number of likely N-dealkylation sites (tertiary alicyclic amines) is 1. The molecule has 0 unspecified atom stereocenters. The van der Waals surface area contributed by atoms with Crippen LogP contribution >= 0.6 is 0 Å². The van der Waals surface area contributed by atoms with Crippen LogP contribution in [0.1, 0.15) is 42.7 Å². The molecule has 0 N–H and O–H groups in total. The van der Waals surface area contributed by atoms with Gasteiger partial charge in [-0.25, -0.2) is 9.18 Å². The molecule has 3 aliphatic rings. The van der Waals surface area contributed by atoms with Crippen LogP contribution in [0.5, 0.6) is 0 Å². The minimum Gasteiger partial charge on any atom is -0.453 e. The Morgan fingerprint density at radius 1 is 1.02 bits per heavy atom. The fraction of sp³-hybridized carbons (Fsp3) is 0.533. The molecule has 0 bridgehead atoms. The van der Waals surface area contributed by atoms with E-state index in [2.05, 4.69) is 0 Å². The molecular formula is C30H34F4N2O5. The summed E-state index contributed by atoms with van der Waals surface area (Å²) in [5, 5.41) is 0. The molecular weight excluding hydrogens is 544 g/mol. The van der Waals surface area contributed by atoms with Gasteiger partial charge in [-0.3, -0.25) is 9.69 Å². The number of amides is 2. The Balaban J connectivity index is 1.37. The lowest BCUT2D eigenvalue weighted by Gasteiger charge is -2.38. The number of hydrogen-bond donors (Lipinski definition) is 0. The second kappa shape index (κ2) is 12.4. The highest BCUT2D eigenvalue weighted by molar-refractivity contribution is 5.82. The fourth-order valence-corrected chi connectivity index (χ4v) is 6.68. The molecule has 0 spiro atoms. The van der Waals surface area contributed by atoms with Crippen molar-refractivity contribution in [1.29, 1.82) is 0 Å². The summed E-state index contributed by atoms with van der Waals surface area (Å²) in [6.45, 7) is -0.102. The van der Waals surface area contributed by atoms with Gasteiger partial charge in [0, 0.05) is 12.5 Å². The van der Waals surface area contributed by atoms with Crippen LogP contribution in [0.4, 0.5) is 22.4 Å². The number of benzene rings is 2. The third kappa shape index (κ3) is 6.35. The average molecular weight is 579 g/mol. The molecule has 0 radical (unpaired) electrons. The van der Waals surface area contributed by atoms with E-state index < -0.39 is 42.2 Å². The van der Waals surface area contributed by atoms with Crippen molar-refractivity contribution in [3.63, 3.8) is 0 Å². The van der Waals surface area contributed by atoms with Crippen LogP contribution in [0.3, 0.4) is 0 Å². The highest BCUT2D eigenvalue weighted by atomic mass is 19.4. The molecule has 1 saturated carbocycles. The number of carbonyl (C=O) groups excluding carboxylic acids is 2. The lowest BCUT2D eigenvalue weighted by atomic mass is 9.82. The molecule has 2 amide bonds. The molecule has 2 heterocycles. The first kappa shape index (κ1) is 29.3. The summed E-state index contributed by atoms with van der Waals surface area (Å²) in [7, 11) is 1.22. The van der Waals surface area contributed by atoms with Crippen molar-refractivity contribution >= 4 is 12.0 Å². The van der Waals surface area contributed by atoms with Crippen LogP contribution in [-0.2, 0) is 25.5 Å². The number of methoxy groups -OCH3 is 1. The van der Waals surface area contributed by atoms with Gasteiger partial charge in [-0.15, -0.1) is 0 Å². The van der Waals surface area contributed by atoms with Crippen molar-refractivity contribution in [2.45, 2.75) is 68.6 Å². The summed E-state index contributed by atoms with van der Waals surface area (Å²) in [4.78, 5) is 28.1. The molecule has 2 aromatic rings. The van der Waals surface area contributed by atoms with Crippen LogP contribution in [-0.4, -0.2) is 79.1 Å². The highest BCUT2D eigenvalue weighted by Gasteiger charge is 2.59. The summed E-state index contributed by atoms with van der Waals surface area (Å²) in [6, 6.07) is 12.6. The van der Waals surface area contributed by atoms with Gasteiger partial charge in [-0.05, 0) is 54.9 Å². The van der Waals surface area contributed by atoms with E-state index >= 15 is 0 Å². The van der Waals surface area contributed by atoms with Gasteiger partial charge in [-0.2, -0.15) is 13.2 Å². The lowest BCUT2D eigenvalue weighted by Crippen LogP contribution is -2.56. The van der Waals surface area contributed by atoms with Crippen molar-refractivity contribution in [1.82, 2.24) is 9.80 Å². The fourth-order valence-electron chi connectivity index (χ4n) is 6.68. The van der Waals surface area contributed by atoms with Gasteiger partial charge in [0.2, 0.25) is 0 Å². The molecule has 2 aromatic carbocycles. The molecule has 3 fully saturated rings. The van der Waals surface area contributed by atoms with E-state index in [1.807, 2.05) is 6.07 Å². The standard InChI is InChI=1S/C30H34F4N2O5/c1-39-29(38)36-25-17-40-16-24(25)27(35(28(37)30(32,33)34)15-19-6-3-2-4-7-19)26(36)18-41-23-12-10-20(11-13-23)21-8-5-9-22(31)14-21/h2-9,14,20,23-27H,10-13,15-18H2,1H3/t20-,23+,24-,25+,26-,27-/m0/s1. The van der Waals surface area contributed by atoms with Gasteiger partial charge < -0.3 is 19.1 Å². The Kier molecular flexibility index (Phi) is 8.84. The van der Waals surface area contributed by atoms with Gasteiger partial charge in [0.1, 0.15) is 5.82 Å². The molecule has 1 aliphatic carbocycles. The Hall–Kier alpha value is -3.18. The lowest BCUT2D eigenvalue weighted by molar-refractivity contribution is -0.190. The third-order valence-corrected chi connectivity index (χ3v) is 8.58. The number of rotatable bonds is 7. The second-order valence-electron chi connectivity index (χ2n) is 11.0. The van der Waals surface area contributed by atoms with E-state index in [0.717, 1.165) is 23.3 Å². The third-order valence-electron chi connectivity index (χ3n) is 8.58. The van der Waals surface area contributed by atoms with Crippen LogP contribution in [0.2, 0.25) is 0 Å². The second-order valence-corrected chi connectivity index (χ2v) is 11.0. The van der Waals surface area contributed by atoms with Crippen LogP contribution in [0.15, 0.2) is 54.6 Å². The van der Waals surface area contributed by atoms with Gasteiger partial charge >= 0.3 is 18.2 Å². The largest absolute Gasteiger partial charge is 0.471 e. The van der Waals surface area contributed by atoms with E-state index in [9.17, 15) is 27.2 Å². The predicted octanol–water partition coefficient (Wildman–Crippen LogP) is 5.29. The van der Waals surface area contributed by atoms with Gasteiger partial charge in [-0.1, -0.05) is 42.5 Å². The zero-order chi connectivity index (χ0) is 29.1. The smallest absolute Gasteiger partial charge is 0.453 e. The topological polar surface area (TPSA) is 68.3 Å². The minimum atomic E-state index is -5.11. The Bertz CT molecular complexity index is 1200. The van der Waals surface area contributed by atoms with Crippen molar-refractivity contribution in [3.8, 4) is 0 Å². The molecule has 11 heteroatoms. The first-order valence-electron chi connectivity index (χ1n) is 13.9. The van der Waals surface area contributed by atoms with Gasteiger partial charge in [0.15, 0.2) is 0 Å². The number of carbonyl (C=O) groups is 2. The summed E-state index contributed by atoms with van der Waals surface area (Å²) < 4.78 is 72.5. The zero-order valence-corrected chi connectivity index (χ0v) is 22.8. The SMILES string of the molecule is COC(=O)N1[C@@H]2COC[C@@H]2[C@H](N(Cc2ccccc2)C(=O)C(F)(F)F)[C@@H]1CO[C@H]1CC[C@@H](c2cccc(F)c2)CC1. The first-order valence-corrected chi connectivity index (χ1v) is 13.9. The number of fused-ring (bicyclic) bond motifs is 1. The normalized spacial score (nSPS) is 27.9. The number of ether oxygens (including phenoxy) is 3. The summed E-state index contributed by atoms with van der Waals surface area (Å²) >= 11 is 0. The number of nitrogens with zero attached hydrogens (tertiary/aromatic N) is 2. The number of alkyl halides is 3. The van der Waals surface area contributed by atoms with Crippen LogP contribution in [0, 0.1) is 11.7 Å². The maximum Gasteiger partial charge on any atom is 0.471 e. The molecule has 5 rings (SSSR count). The Morgan fingerprint density at radius 3 is 2.41 bits per heavy atom.